The highest BCUT2D eigenvalue weighted by molar-refractivity contribution is 5.88. The van der Waals surface area contributed by atoms with Gasteiger partial charge in [0.05, 0.1) is 11.3 Å². The first-order chi connectivity index (χ1) is 8.65. The summed E-state index contributed by atoms with van der Waals surface area (Å²) in [5.74, 6) is -0.102. The van der Waals surface area contributed by atoms with Crippen molar-refractivity contribution in [2.75, 3.05) is 5.32 Å². The summed E-state index contributed by atoms with van der Waals surface area (Å²) in [7, 11) is 0. The van der Waals surface area contributed by atoms with Crippen LogP contribution in [0.25, 0.3) is 0 Å². The first kappa shape index (κ1) is 11.5. The largest absolute Gasteiger partial charge is 0.478 e. The monoisotopic (exact) mass is 249 g/mol. The highest BCUT2D eigenvalue weighted by Crippen LogP contribution is 2.46. The number of halogens is 1. The minimum absolute atomic E-state index is 0.129. The second kappa shape index (κ2) is 4.26. The Hall–Kier alpha value is -1.58. The van der Waals surface area contributed by atoms with E-state index in [0.29, 0.717) is 23.6 Å². The molecule has 96 valence electrons. The zero-order valence-corrected chi connectivity index (χ0v) is 10.0. The highest BCUT2D eigenvalue weighted by Gasteiger charge is 2.41. The Morgan fingerprint density at radius 2 is 1.89 bits per heavy atom. The minimum atomic E-state index is -1.02. The molecule has 0 atom stereocenters. The van der Waals surface area contributed by atoms with Gasteiger partial charge in [-0.3, -0.25) is 0 Å². The zero-order valence-electron chi connectivity index (χ0n) is 10.0. The molecule has 2 aliphatic rings. The summed E-state index contributed by atoms with van der Waals surface area (Å²) in [5, 5.41) is 12.2. The molecule has 3 nitrogen and oxygen atoms in total. The van der Waals surface area contributed by atoms with Crippen LogP contribution in [0.15, 0.2) is 18.2 Å². The lowest BCUT2D eigenvalue weighted by atomic mass is 10.1. The van der Waals surface area contributed by atoms with E-state index in [0.717, 1.165) is 0 Å². The molecule has 3 rings (SSSR count). The number of benzene rings is 1. The van der Waals surface area contributed by atoms with Crippen LogP contribution in [0, 0.1) is 17.7 Å². The van der Waals surface area contributed by atoms with Crippen LogP contribution in [0.2, 0.25) is 0 Å². The fourth-order valence-electron chi connectivity index (χ4n) is 2.48. The molecule has 2 aliphatic carbocycles. The molecular formula is C14H16FNO2. The lowest BCUT2D eigenvalue weighted by Gasteiger charge is -2.19. The van der Waals surface area contributed by atoms with Gasteiger partial charge in [-0.15, -0.1) is 0 Å². The smallest absolute Gasteiger partial charge is 0.335 e. The molecule has 4 heteroatoms. The van der Waals surface area contributed by atoms with Crippen LogP contribution in [0.4, 0.5) is 10.1 Å². The molecule has 0 aromatic heterocycles. The van der Waals surface area contributed by atoms with E-state index < -0.39 is 5.97 Å². The predicted octanol–water partition coefficient (Wildman–Crippen LogP) is 3.12. The molecule has 1 aromatic carbocycles. The van der Waals surface area contributed by atoms with Crippen LogP contribution in [-0.2, 0) is 0 Å². The van der Waals surface area contributed by atoms with Crippen LogP contribution in [-0.4, -0.2) is 17.1 Å². The number of rotatable bonds is 5. The predicted molar refractivity (Wildman–Crippen MR) is 66.2 cm³/mol. The third-order valence-electron chi connectivity index (χ3n) is 3.80. The van der Waals surface area contributed by atoms with Crippen molar-refractivity contribution in [1.82, 2.24) is 0 Å². The standard InChI is InChI=1S/C14H16FNO2/c15-11-6-5-10(14(17)18)7-12(11)16-13(8-1-2-8)9-3-4-9/h5-9,13,16H,1-4H2,(H,17,18). The molecule has 2 fully saturated rings. The molecule has 0 heterocycles. The van der Waals surface area contributed by atoms with E-state index in [1.165, 1.54) is 43.9 Å². The van der Waals surface area contributed by atoms with E-state index >= 15 is 0 Å². The normalized spacial score (nSPS) is 19.0. The summed E-state index contributed by atoms with van der Waals surface area (Å²) in [6.45, 7) is 0. The van der Waals surface area contributed by atoms with Crippen LogP contribution in [0.1, 0.15) is 36.0 Å². The molecule has 0 saturated heterocycles. The fraction of sp³-hybridized carbons (Fsp3) is 0.500. The molecule has 2 N–H and O–H groups in total. The average Bonchev–Trinajstić information content (AvgIpc) is 3.20. The molecule has 0 amide bonds. The Morgan fingerprint density at radius 3 is 2.39 bits per heavy atom. The third kappa shape index (κ3) is 2.33. The Kier molecular flexibility index (Phi) is 2.73. The number of nitrogens with one attached hydrogen (secondary N) is 1. The molecule has 2 saturated carbocycles. The molecule has 1 aromatic rings. The number of carboxylic acids is 1. The fourth-order valence-corrected chi connectivity index (χ4v) is 2.48. The van der Waals surface area contributed by atoms with Gasteiger partial charge in [0.1, 0.15) is 5.82 Å². The highest BCUT2D eigenvalue weighted by atomic mass is 19.1. The molecule has 0 aliphatic heterocycles. The summed E-state index contributed by atoms with van der Waals surface area (Å²) in [6, 6.07) is 4.24. The first-order valence-corrected chi connectivity index (χ1v) is 6.44. The van der Waals surface area contributed by atoms with E-state index in [-0.39, 0.29) is 11.4 Å². The number of aromatic carboxylic acids is 1. The van der Waals surface area contributed by atoms with Crippen molar-refractivity contribution in [3.63, 3.8) is 0 Å². The van der Waals surface area contributed by atoms with Crippen molar-refractivity contribution in [3.05, 3.63) is 29.6 Å². The second-order valence-electron chi connectivity index (χ2n) is 5.34. The van der Waals surface area contributed by atoms with Crippen molar-refractivity contribution in [2.45, 2.75) is 31.7 Å². The van der Waals surface area contributed by atoms with E-state index in [2.05, 4.69) is 5.32 Å². The van der Waals surface area contributed by atoms with Gasteiger partial charge in [-0.05, 0) is 55.7 Å². The Labute approximate surface area is 105 Å². The Bertz CT molecular complexity index is 469. The van der Waals surface area contributed by atoms with Gasteiger partial charge in [0.25, 0.3) is 0 Å². The summed E-state index contributed by atoms with van der Waals surface area (Å²) in [6.07, 6.45) is 4.81. The third-order valence-corrected chi connectivity index (χ3v) is 3.80. The second-order valence-corrected chi connectivity index (χ2v) is 5.34. The molecule has 0 radical (unpaired) electrons. The van der Waals surface area contributed by atoms with Crippen molar-refractivity contribution >= 4 is 11.7 Å². The number of hydrogen-bond acceptors (Lipinski definition) is 2. The summed E-state index contributed by atoms with van der Waals surface area (Å²) in [4.78, 5) is 10.9. The van der Waals surface area contributed by atoms with E-state index in [1.54, 1.807) is 0 Å². The van der Waals surface area contributed by atoms with E-state index in [9.17, 15) is 9.18 Å². The van der Waals surface area contributed by atoms with Gasteiger partial charge >= 0.3 is 5.97 Å². The maximum Gasteiger partial charge on any atom is 0.335 e. The topological polar surface area (TPSA) is 49.3 Å². The van der Waals surface area contributed by atoms with Crippen molar-refractivity contribution in [2.24, 2.45) is 11.8 Å². The minimum Gasteiger partial charge on any atom is -0.478 e. The first-order valence-electron chi connectivity index (χ1n) is 6.44. The van der Waals surface area contributed by atoms with Gasteiger partial charge in [-0.1, -0.05) is 0 Å². The molecule has 0 spiro atoms. The van der Waals surface area contributed by atoms with E-state index in [1.807, 2.05) is 0 Å². The van der Waals surface area contributed by atoms with Crippen LogP contribution in [0.3, 0.4) is 0 Å². The Morgan fingerprint density at radius 1 is 1.28 bits per heavy atom. The summed E-state index contributed by atoms with van der Waals surface area (Å²) >= 11 is 0. The van der Waals surface area contributed by atoms with Gasteiger partial charge < -0.3 is 10.4 Å². The molecule has 0 unspecified atom stereocenters. The lowest BCUT2D eigenvalue weighted by Crippen LogP contribution is -2.25. The Balaban J connectivity index is 1.81. The SMILES string of the molecule is O=C(O)c1ccc(F)c(NC(C2CC2)C2CC2)c1. The van der Waals surface area contributed by atoms with Crippen LogP contribution < -0.4 is 5.32 Å². The van der Waals surface area contributed by atoms with Gasteiger partial charge in [-0.25, -0.2) is 9.18 Å². The van der Waals surface area contributed by atoms with E-state index in [4.69, 9.17) is 5.11 Å². The van der Waals surface area contributed by atoms with Crippen molar-refractivity contribution in [1.29, 1.82) is 0 Å². The van der Waals surface area contributed by atoms with Crippen LogP contribution in [0.5, 0.6) is 0 Å². The van der Waals surface area contributed by atoms with Gasteiger partial charge in [0, 0.05) is 6.04 Å². The quantitative estimate of drug-likeness (QED) is 0.843. The molecular weight excluding hydrogens is 233 g/mol. The summed E-state index contributed by atoms with van der Waals surface area (Å²) < 4.78 is 13.7. The molecule has 18 heavy (non-hydrogen) atoms. The summed E-state index contributed by atoms with van der Waals surface area (Å²) in [5.41, 5.74) is 0.461. The average molecular weight is 249 g/mol. The van der Waals surface area contributed by atoms with Gasteiger partial charge in [0.2, 0.25) is 0 Å². The number of anilines is 1. The maximum absolute atomic E-state index is 13.7. The van der Waals surface area contributed by atoms with Crippen molar-refractivity contribution in [3.8, 4) is 0 Å². The molecule has 0 bridgehead atoms. The van der Waals surface area contributed by atoms with Crippen LogP contribution >= 0.6 is 0 Å². The lowest BCUT2D eigenvalue weighted by molar-refractivity contribution is 0.0697. The zero-order chi connectivity index (χ0) is 12.7. The maximum atomic E-state index is 13.7. The number of carboxylic acid groups (broad SMARTS) is 1. The van der Waals surface area contributed by atoms with Crippen molar-refractivity contribution < 1.29 is 14.3 Å². The number of hydrogen-bond donors (Lipinski definition) is 2. The van der Waals surface area contributed by atoms with Gasteiger partial charge in [0.15, 0.2) is 0 Å². The van der Waals surface area contributed by atoms with Gasteiger partial charge in [-0.2, -0.15) is 0 Å². The number of carbonyl (C=O) groups is 1.